The molecule has 3 aliphatic rings. The Morgan fingerprint density at radius 1 is 0.946 bits per heavy atom. The van der Waals surface area contributed by atoms with Crippen LogP contribution >= 0.6 is 0 Å². The summed E-state index contributed by atoms with van der Waals surface area (Å²) in [6.07, 6.45) is 3.38. The fourth-order valence-electron chi connectivity index (χ4n) is 6.61. The highest BCUT2D eigenvalue weighted by Crippen LogP contribution is 2.45. The van der Waals surface area contributed by atoms with Gasteiger partial charge in [-0.1, -0.05) is 48.5 Å². The Hall–Kier alpha value is -3.98. The second-order valence-electron chi connectivity index (χ2n) is 10.3. The van der Waals surface area contributed by atoms with Crippen LogP contribution in [0.1, 0.15) is 65.1 Å². The van der Waals surface area contributed by atoms with Crippen LogP contribution in [0.5, 0.6) is 0 Å². The highest BCUT2D eigenvalue weighted by atomic mass is 19.1. The second-order valence-corrected chi connectivity index (χ2v) is 10.3. The van der Waals surface area contributed by atoms with E-state index < -0.39 is 5.82 Å². The van der Waals surface area contributed by atoms with Gasteiger partial charge in [0.15, 0.2) is 5.78 Å². The van der Waals surface area contributed by atoms with Gasteiger partial charge in [0, 0.05) is 29.5 Å². The van der Waals surface area contributed by atoms with E-state index in [2.05, 4.69) is 24.3 Å². The van der Waals surface area contributed by atoms with Gasteiger partial charge in [-0.05, 0) is 72.6 Å². The number of halogens is 1. The Bertz CT molecular complexity index is 1370. The molecule has 1 aliphatic carbocycles. The zero-order valence-corrected chi connectivity index (χ0v) is 20.4. The molecule has 1 amide bonds. The summed E-state index contributed by atoms with van der Waals surface area (Å²) in [6, 6.07) is 22.1. The van der Waals surface area contributed by atoms with Crippen LogP contribution in [0.15, 0.2) is 66.7 Å². The van der Waals surface area contributed by atoms with Gasteiger partial charge in [0.25, 0.3) is 0 Å². The lowest BCUT2D eigenvalue weighted by atomic mass is 9.75. The number of ether oxygens (including phenoxy) is 1. The normalized spacial score (nSPS) is 22.1. The zero-order chi connectivity index (χ0) is 25.5. The molecule has 2 fully saturated rings. The van der Waals surface area contributed by atoms with Gasteiger partial charge in [-0.15, -0.1) is 0 Å². The fraction of sp³-hybridized carbons (Fsp3) is 0.323. The molecule has 0 N–H and O–H groups in total. The molecule has 3 aromatic carbocycles. The van der Waals surface area contributed by atoms with E-state index in [9.17, 15) is 19.2 Å². The van der Waals surface area contributed by atoms with E-state index in [-0.39, 0.29) is 53.5 Å². The lowest BCUT2D eigenvalue weighted by Crippen LogP contribution is -2.56. The Labute approximate surface area is 215 Å². The summed E-state index contributed by atoms with van der Waals surface area (Å²) in [5, 5.41) is 9.40. The smallest absolute Gasteiger partial charge is 0.410 e. The molecule has 0 saturated carbocycles. The van der Waals surface area contributed by atoms with Crippen molar-refractivity contribution in [1.82, 2.24) is 4.90 Å². The van der Waals surface area contributed by atoms with Gasteiger partial charge in [-0.3, -0.25) is 4.79 Å². The number of ketones is 1. The molecule has 2 aliphatic heterocycles. The minimum Gasteiger partial charge on any atom is -0.448 e. The van der Waals surface area contributed by atoms with Gasteiger partial charge in [0.05, 0.1) is 11.6 Å². The lowest BCUT2D eigenvalue weighted by Gasteiger charge is -2.47. The number of benzene rings is 3. The maximum absolute atomic E-state index is 13.6. The van der Waals surface area contributed by atoms with Gasteiger partial charge in [0.1, 0.15) is 12.4 Å². The molecule has 0 aromatic heterocycles. The first-order chi connectivity index (χ1) is 18.0. The van der Waals surface area contributed by atoms with E-state index in [1.165, 1.54) is 34.4 Å². The molecule has 6 heteroatoms. The van der Waals surface area contributed by atoms with E-state index in [0.29, 0.717) is 12.8 Å². The first-order valence-corrected chi connectivity index (χ1v) is 12.9. The minimum atomic E-state index is -0.532. The van der Waals surface area contributed by atoms with E-state index >= 15 is 0 Å². The molecule has 6 rings (SSSR count). The largest absolute Gasteiger partial charge is 0.448 e. The summed E-state index contributed by atoms with van der Waals surface area (Å²) >= 11 is 0. The number of hydrogen-bond acceptors (Lipinski definition) is 4. The maximum atomic E-state index is 13.6. The van der Waals surface area contributed by atoms with Gasteiger partial charge >= 0.3 is 6.09 Å². The zero-order valence-electron chi connectivity index (χ0n) is 20.4. The predicted molar refractivity (Wildman–Crippen MR) is 137 cm³/mol. The quantitative estimate of drug-likeness (QED) is 0.390. The van der Waals surface area contributed by atoms with E-state index in [1.54, 1.807) is 0 Å². The van der Waals surface area contributed by atoms with Crippen LogP contribution in [-0.2, 0) is 4.74 Å². The summed E-state index contributed by atoms with van der Waals surface area (Å²) in [5.74, 6) is -0.973. The Kier molecular flexibility index (Phi) is 6.00. The van der Waals surface area contributed by atoms with Crippen molar-refractivity contribution in [1.29, 1.82) is 5.26 Å². The Morgan fingerprint density at radius 3 is 2.19 bits per heavy atom. The number of nitrogens with zero attached hydrogens (tertiary/aromatic N) is 2. The monoisotopic (exact) mass is 494 g/mol. The third-order valence-corrected chi connectivity index (χ3v) is 8.26. The van der Waals surface area contributed by atoms with Crippen molar-refractivity contribution in [2.24, 2.45) is 5.92 Å². The maximum Gasteiger partial charge on any atom is 0.410 e. The van der Waals surface area contributed by atoms with Gasteiger partial charge in [0.2, 0.25) is 0 Å². The van der Waals surface area contributed by atoms with Crippen molar-refractivity contribution in [3.05, 3.63) is 94.8 Å². The molecule has 2 saturated heterocycles. The summed E-state index contributed by atoms with van der Waals surface area (Å²) in [7, 11) is 0. The van der Waals surface area contributed by atoms with E-state index in [0.717, 1.165) is 25.3 Å². The SMILES string of the molecule is N#Cc1cc(F)ccc1C(=O)C1CC2CCCC(C1)N2C(=O)OCC1c2ccccc2-c2ccccc21. The van der Waals surface area contributed by atoms with Crippen LogP contribution in [0.2, 0.25) is 0 Å². The Morgan fingerprint density at radius 2 is 1.57 bits per heavy atom. The number of rotatable bonds is 4. The van der Waals surface area contributed by atoms with Crippen LogP contribution in [0.4, 0.5) is 9.18 Å². The number of carbonyl (C=O) groups excluding carboxylic acids is 2. The van der Waals surface area contributed by atoms with Crippen molar-refractivity contribution >= 4 is 11.9 Å². The van der Waals surface area contributed by atoms with Crippen LogP contribution in [0, 0.1) is 23.1 Å². The first kappa shape index (κ1) is 23.4. The van der Waals surface area contributed by atoms with Gasteiger partial charge in [-0.2, -0.15) is 5.26 Å². The van der Waals surface area contributed by atoms with Crippen molar-refractivity contribution < 1.29 is 18.7 Å². The fourth-order valence-corrected chi connectivity index (χ4v) is 6.61. The van der Waals surface area contributed by atoms with Crippen molar-refractivity contribution in [3.8, 4) is 17.2 Å². The van der Waals surface area contributed by atoms with Crippen molar-refractivity contribution in [2.75, 3.05) is 6.61 Å². The van der Waals surface area contributed by atoms with E-state index in [4.69, 9.17) is 4.74 Å². The molecule has 2 heterocycles. The van der Waals surface area contributed by atoms with Crippen molar-refractivity contribution in [3.63, 3.8) is 0 Å². The topological polar surface area (TPSA) is 70.4 Å². The number of hydrogen-bond donors (Lipinski definition) is 0. The molecule has 37 heavy (non-hydrogen) atoms. The lowest BCUT2D eigenvalue weighted by molar-refractivity contribution is 0.00650. The standard InChI is InChI=1S/C31H27FN2O3/c32-21-12-13-24(20(14-21)17-33)30(35)19-15-22-6-5-7-23(16-19)34(22)31(36)37-18-29-27-10-3-1-8-25(27)26-9-2-4-11-28(26)29/h1-4,8-14,19,22-23,29H,5-7,15-16,18H2. The summed E-state index contributed by atoms with van der Waals surface area (Å²) < 4.78 is 19.6. The average Bonchev–Trinajstić information content (AvgIpc) is 3.24. The molecular formula is C31H27FN2O3. The number of nitriles is 1. The molecule has 0 spiro atoms. The van der Waals surface area contributed by atoms with E-state index in [1.807, 2.05) is 35.2 Å². The molecular weight excluding hydrogens is 467 g/mol. The Balaban J connectivity index is 1.17. The second kappa shape index (κ2) is 9.48. The minimum absolute atomic E-state index is 0.00168. The number of amides is 1. The molecule has 2 bridgehead atoms. The third-order valence-electron chi connectivity index (χ3n) is 8.26. The first-order valence-electron chi connectivity index (χ1n) is 12.9. The summed E-state index contributed by atoms with van der Waals surface area (Å²) in [6.45, 7) is 0.270. The molecule has 5 nitrogen and oxygen atoms in total. The van der Waals surface area contributed by atoms with Crippen LogP contribution in [0.3, 0.4) is 0 Å². The summed E-state index contributed by atoms with van der Waals surface area (Å²) in [5.41, 5.74) is 5.05. The number of piperidine rings is 2. The average molecular weight is 495 g/mol. The number of fused-ring (bicyclic) bond motifs is 5. The molecule has 0 radical (unpaired) electrons. The van der Waals surface area contributed by atoms with Crippen LogP contribution in [-0.4, -0.2) is 35.5 Å². The molecule has 186 valence electrons. The predicted octanol–water partition coefficient (Wildman–Crippen LogP) is 6.46. The van der Waals surface area contributed by atoms with Gasteiger partial charge < -0.3 is 9.64 Å². The third kappa shape index (κ3) is 4.09. The van der Waals surface area contributed by atoms with Gasteiger partial charge in [-0.25, -0.2) is 9.18 Å². The highest BCUT2D eigenvalue weighted by molar-refractivity contribution is 6.00. The van der Waals surface area contributed by atoms with Crippen LogP contribution in [0.25, 0.3) is 11.1 Å². The number of carbonyl (C=O) groups is 2. The molecule has 2 unspecified atom stereocenters. The number of Topliss-reactive ketones (excluding diaryl/α,β-unsaturated/α-hetero) is 1. The molecule has 2 atom stereocenters. The van der Waals surface area contributed by atoms with Crippen molar-refractivity contribution in [2.45, 2.75) is 50.1 Å². The highest BCUT2D eigenvalue weighted by Gasteiger charge is 2.44. The van der Waals surface area contributed by atoms with Crippen LogP contribution < -0.4 is 0 Å². The molecule has 3 aromatic rings. The summed E-state index contributed by atoms with van der Waals surface area (Å²) in [4.78, 5) is 28.6.